The van der Waals surface area contributed by atoms with Crippen LogP contribution in [0.25, 0.3) is 0 Å². The summed E-state index contributed by atoms with van der Waals surface area (Å²) in [6.45, 7) is 6.43. The van der Waals surface area contributed by atoms with Gasteiger partial charge in [-0.2, -0.15) is 0 Å². The number of aliphatic imine (C=N–C) groups is 1. The molecule has 24 heavy (non-hydrogen) atoms. The molecule has 0 spiro atoms. The number of nitrogens with one attached hydrogen (secondary N) is 2. The molecular formula is C18H25FN4S. The molecule has 0 atom stereocenters. The number of hydrogen-bond acceptors (Lipinski definition) is 3. The molecule has 1 aromatic heterocycles. The van der Waals surface area contributed by atoms with Gasteiger partial charge in [-0.25, -0.2) is 9.37 Å². The van der Waals surface area contributed by atoms with E-state index in [1.54, 1.807) is 11.3 Å². The predicted molar refractivity (Wildman–Crippen MR) is 99.3 cm³/mol. The molecule has 0 unspecified atom stereocenters. The lowest BCUT2D eigenvalue weighted by Crippen LogP contribution is -2.38. The van der Waals surface area contributed by atoms with E-state index in [0.717, 1.165) is 56.1 Å². The summed E-state index contributed by atoms with van der Waals surface area (Å²) in [4.78, 5) is 9.06. The molecule has 4 nitrogen and oxygen atoms in total. The number of benzene rings is 1. The third-order valence-corrected chi connectivity index (χ3v) is 4.48. The van der Waals surface area contributed by atoms with Crippen LogP contribution in [0.4, 0.5) is 4.39 Å². The van der Waals surface area contributed by atoms with Gasteiger partial charge in [-0.15, -0.1) is 11.3 Å². The van der Waals surface area contributed by atoms with E-state index in [4.69, 9.17) is 0 Å². The Morgan fingerprint density at radius 3 is 2.67 bits per heavy atom. The van der Waals surface area contributed by atoms with Gasteiger partial charge in [0.25, 0.3) is 0 Å². The van der Waals surface area contributed by atoms with Crippen LogP contribution in [0.1, 0.15) is 29.6 Å². The number of guanidine groups is 1. The number of aromatic nitrogens is 1. The number of aryl methyl sites for hydroxylation is 2. The van der Waals surface area contributed by atoms with Crippen LogP contribution in [0.5, 0.6) is 0 Å². The second kappa shape index (κ2) is 10.0. The maximum atomic E-state index is 12.9. The average Bonchev–Trinajstić information content (AvgIpc) is 2.99. The highest BCUT2D eigenvalue weighted by molar-refractivity contribution is 7.09. The van der Waals surface area contributed by atoms with Crippen molar-refractivity contribution in [3.63, 3.8) is 0 Å². The number of halogens is 1. The van der Waals surface area contributed by atoms with E-state index >= 15 is 0 Å². The lowest BCUT2D eigenvalue weighted by molar-refractivity contribution is 0.626. The topological polar surface area (TPSA) is 49.3 Å². The first-order valence-corrected chi connectivity index (χ1v) is 9.23. The minimum Gasteiger partial charge on any atom is -0.357 e. The summed E-state index contributed by atoms with van der Waals surface area (Å²) in [5.74, 6) is 0.631. The van der Waals surface area contributed by atoms with Crippen molar-refractivity contribution in [3.8, 4) is 0 Å². The van der Waals surface area contributed by atoms with E-state index in [9.17, 15) is 4.39 Å². The molecule has 6 heteroatoms. The van der Waals surface area contributed by atoms with Crippen molar-refractivity contribution in [1.82, 2.24) is 15.6 Å². The van der Waals surface area contributed by atoms with E-state index in [0.29, 0.717) is 0 Å². The van der Waals surface area contributed by atoms with Gasteiger partial charge in [-0.1, -0.05) is 12.1 Å². The van der Waals surface area contributed by atoms with E-state index in [-0.39, 0.29) is 5.82 Å². The summed E-state index contributed by atoms with van der Waals surface area (Å²) >= 11 is 1.71. The molecule has 0 aliphatic carbocycles. The zero-order chi connectivity index (χ0) is 17.2. The molecule has 0 bridgehead atoms. The van der Waals surface area contributed by atoms with Crippen molar-refractivity contribution < 1.29 is 4.39 Å². The minimum atomic E-state index is -0.197. The molecule has 0 aliphatic rings. The summed E-state index contributed by atoms with van der Waals surface area (Å²) < 4.78 is 12.9. The Hall–Kier alpha value is -1.95. The molecule has 2 rings (SSSR count). The Balaban J connectivity index is 1.72. The Labute approximate surface area is 147 Å². The maximum Gasteiger partial charge on any atom is 0.191 e. The van der Waals surface area contributed by atoms with Gasteiger partial charge in [0.05, 0.1) is 5.01 Å². The second-order valence-electron chi connectivity index (χ2n) is 5.55. The monoisotopic (exact) mass is 348 g/mol. The summed E-state index contributed by atoms with van der Waals surface area (Å²) in [6, 6.07) is 6.62. The molecule has 1 heterocycles. The van der Waals surface area contributed by atoms with Gasteiger partial charge in [0, 0.05) is 37.1 Å². The zero-order valence-corrected chi connectivity index (χ0v) is 15.1. The molecule has 2 N–H and O–H groups in total. The first kappa shape index (κ1) is 18.4. The molecule has 0 fully saturated rings. The van der Waals surface area contributed by atoms with E-state index in [1.807, 2.05) is 19.1 Å². The average molecular weight is 348 g/mol. The van der Waals surface area contributed by atoms with Crippen LogP contribution in [0.3, 0.4) is 0 Å². The fraction of sp³-hybridized carbons (Fsp3) is 0.444. The van der Waals surface area contributed by atoms with Gasteiger partial charge in [0.15, 0.2) is 5.96 Å². The van der Waals surface area contributed by atoms with E-state index in [2.05, 4.69) is 32.9 Å². The van der Waals surface area contributed by atoms with Crippen LogP contribution in [0.2, 0.25) is 0 Å². The normalized spacial score (nSPS) is 11.5. The van der Waals surface area contributed by atoms with Crippen LogP contribution in [0.15, 0.2) is 34.6 Å². The first-order valence-electron chi connectivity index (χ1n) is 8.35. The van der Waals surface area contributed by atoms with Gasteiger partial charge >= 0.3 is 0 Å². The summed E-state index contributed by atoms with van der Waals surface area (Å²) in [7, 11) is 0. The highest BCUT2D eigenvalue weighted by atomic mass is 32.1. The Morgan fingerprint density at radius 1 is 1.21 bits per heavy atom. The number of hydrogen-bond donors (Lipinski definition) is 2. The molecule has 1 aromatic carbocycles. The third-order valence-electron chi connectivity index (χ3n) is 3.45. The van der Waals surface area contributed by atoms with Gasteiger partial charge in [-0.3, -0.25) is 4.99 Å². The Morgan fingerprint density at radius 2 is 2.00 bits per heavy atom. The minimum absolute atomic E-state index is 0.197. The van der Waals surface area contributed by atoms with E-state index in [1.165, 1.54) is 17.1 Å². The maximum absolute atomic E-state index is 12.9. The fourth-order valence-electron chi connectivity index (χ4n) is 2.26. The van der Waals surface area contributed by atoms with Crippen molar-refractivity contribution >= 4 is 17.3 Å². The summed E-state index contributed by atoms with van der Waals surface area (Å²) in [5, 5.41) is 9.83. The highest BCUT2D eigenvalue weighted by Gasteiger charge is 2.00. The molecular weight excluding hydrogens is 323 g/mol. The van der Waals surface area contributed by atoms with Gasteiger partial charge < -0.3 is 10.6 Å². The number of nitrogens with zero attached hydrogens (tertiary/aromatic N) is 2. The van der Waals surface area contributed by atoms with Crippen molar-refractivity contribution in [2.24, 2.45) is 4.99 Å². The van der Waals surface area contributed by atoms with Crippen molar-refractivity contribution in [3.05, 3.63) is 51.7 Å². The molecule has 0 radical (unpaired) electrons. The lowest BCUT2D eigenvalue weighted by Gasteiger charge is -2.11. The van der Waals surface area contributed by atoms with Gasteiger partial charge in [0.1, 0.15) is 5.82 Å². The molecule has 2 aromatic rings. The van der Waals surface area contributed by atoms with Gasteiger partial charge in [0.2, 0.25) is 0 Å². The Bertz CT molecular complexity index is 637. The standard InChI is InChI=1S/C18H25FN4S/c1-3-20-18(21-11-4-5-17-23-14(2)13-24-17)22-12-10-15-6-8-16(19)9-7-15/h6-9,13H,3-5,10-12H2,1-2H3,(H2,20,21,22). The quantitative estimate of drug-likeness (QED) is 0.437. The van der Waals surface area contributed by atoms with Crippen LogP contribution >= 0.6 is 11.3 Å². The van der Waals surface area contributed by atoms with Crippen molar-refractivity contribution in [2.75, 3.05) is 19.6 Å². The van der Waals surface area contributed by atoms with E-state index < -0.39 is 0 Å². The molecule has 130 valence electrons. The molecule has 0 saturated carbocycles. The lowest BCUT2D eigenvalue weighted by atomic mass is 10.1. The predicted octanol–water partition coefficient (Wildman–Crippen LogP) is 3.32. The zero-order valence-electron chi connectivity index (χ0n) is 14.3. The fourth-order valence-corrected chi connectivity index (χ4v) is 3.07. The van der Waals surface area contributed by atoms with Crippen molar-refractivity contribution in [2.45, 2.75) is 33.1 Å². The SMILES string of the molecule is CCNC(=NCCCc1nc(C)cs1)NCCc1ccc(F)cc1. The highest BCUT2D eigenvalue weighted by Crippen LogP contribution is 2.10. The largest absolute Gasteiger partial charge is 0.357 e. The van der Waals surface area contributed by atoms with Crippen molar-refractivity contribution in [1.29, 1.82) is 0 Å². The van der Waals surface area contributed by atoms with Crippen LogP contribution in [0, 0.1) is 12.7 Å². The second-order valence-corrected chi connectivity index (χ2v) is 6.49. The molecule has 0 amide bonds. The smallest absolute Gasteiger partial charge is 0.191 e. The van der Waals surface area contributed by atoms with Crippen LogP contribution in [-0.2, 0) is 12.8 Å². The van der Waals surface area contributed by atoms with Crippen LogP contribution in [-0.4, -0.2) is 30.6 Å². The van der Waals surface area contributed by atoms with Gasteiger partial charge in [-0.05, 0) is 44.4 Å². The Kier molecular flexibility index (Phi) is 7.68. The third kappa shape index (κ3) is 6.66. The summed E-state index contributed by atoms with van der Waals surface area (Å²) in [6.07, 6.45) is 2.79. The molecule has 0 aliphatic heterocycles. The summed E-state index contributed by atoms with van der Waals surface area (Å²) in [5.41, 5.74) is 2.20. The van der Waals surface area contributed by atoms with Crippen LogP contribution < -0.4 is 10.6 Å². The number of thiazole rings is 1. The number of rotatable bonds is 8. The first-order chi connectivity index (χ1) is 11.7. The molecule has 0 saturated heterocycles.